The smallest absolute Gasteiger partial charge is 0.231 e. The SMILES string of the molecule is Cc1cc2c(cc1CCNCC#N)OCO2. The Labute approximate surface area is 94.8 Å². The molecule has 1 heterocycles. The van der Waals surface area contributed by atoms with Crippen molar-refractivity contribution in [3.63, 3.8) is 0 Å². The van der Waals surface area contributed by atoms with Crippen LogP contribution in [0.25, 0.3) is 0 Å². The van der Waals surface area contributed by atoms with Crippen molar-refractivity contribution in [1.29, 1.82) is 5.26 Å². The van der Waals surface area contributed by atoms with E-state index in [2.05, 4.69) is 18.3 Å². The van der Waals surface area contributed by atoms with Gasteiger partial charge in [0.1, 0.15) is 0 Å². The van der Waals surface area contributed by atoms with E-state index < -0.39 is 0 Å². The molecule has 0 spiro atoms. The Kier molecular flexibility index (Phi) is 3.28. The van der Waals surface area contributed by atoms with Crippen molar-refractivity contribution in [2.24, 2.45) is 0 Å². The molecule has 1 aromatic carbocycles. The van der Waals surface area contributed by atoms with E-state index in [1.807, 2.05) is 12.1 Å². The maximum Gasteiger partial charge on any atom is 0.231 e. The quantitative estimate of drug-likeness (QED) is 0.612. The lowest BCUT2D eigenvalue weighted by Crippen LogP contribution is -2.17. The lowest BCUT2D eigenvalue weighted by Gasteiger charge is -2.07. The van der Waals surface area contributed by atoms with Gasteiger partial charge in [0.05, 0.1) is 12.6 Å². The van der Waals surface area contributed by atoms with Crippen LogP contribution in [0.2, 0.25) is 0 Å². The van der Waals surface area contributed by atoms with E-state index in [9.17, 15) is 0 Å². The number of rotatable bonds is 4. The minimum absolute atomic E-state index is 0.310. The molecule has 4 nitrogen and oxygen atoms in total. The number of ether oxygens (including phenoxy) is 2. The van der Waals surface area contributed by atoms with Gasteiger partial charge in [0, 0.05) is 6.54 Å². The number of nitrogens with zero attached hydrogens (tertiary/aromatic N) is 1. The van der Waals surface area contributed by atoms with Gasteiger partial charge in [-0.25, -0.2) is 0 Å². The fraction of sp³-hybridized carbons (Fsp3) is 0.417. The van der Waals surface area contributed by atoms with Gasteiger partial charge in [0.15, 0.2) is 11.5 Å². The number of nitrogens with one attached hydrogen (secondary N) is 1. The molecule has 0 amide bonds. The molecular weight excluding hydrogens is 204 g/mol. The van der Waals surface area contributed by atoms with Crippen molar-refractivity contribution in [3.05, 3.63) is 23.3 Å². The fourth-order valence-corrected chi connectivity index (χ4v) is 1.72. The van der Waals surface area contributed by atoms with Gasteiger partial charge in [-0.15, -0.1) is 0 Å². The summed E-state index contributed by atoms with van der Waals surface area (Å²) < 4.78 is 10.6. The Bertz CT molecular complexity index is 424. The molecule has 1 aliphatic rings. The first-order valence-electron chi connectivity index (χ1n) is 5.28. The van der Waals surface area contributed by atoms with Gasteiger partial charge in [-0.2, -0.15) is 5.26 Å². The second kappa shape index (κ2) is 4.86. The van der Waals surface area contributed by atoms with Gasteiger partial charge in [-0.1, -0.05) is 0 Å². The third-order valence-corrected chi connectivity index (χ3v) is 2.61. The third-order valence-electron chi connectivity index (χ3n) is 2.61. The van der Waals surface area contributed by atoms with Gasteiger partial charge in [-0.05, 0) is 36.6 Å². The van der Waals surface area contributed by atoms with Gasteiger partial charge in [0.2, 0.25) is 6.79 Å². The fourth-order valence-electron chi connectivity index (χ4n) is 1.72. The van der Waals surface area contributed by atoms with Crippen molar-refractivity contribution >= 4 is 0 Å². The molecule has 0 saturated carbocycles. The summed E-state index contributed by atoms with van der Waals surface area (Å²) in [7, 11) is 0. The van der Waals surface area contributed by atoms with Crippen molar-refractivity contribution in [3.8, 4) is 17.6 Å². The molecule has 0 atom stereocenters. The molecule has 0 bridgehead atoms. The minimum atomic E-state index is 0.310. The number of hydrogen-bond acceptors (Lipinski definition) is 4. The Balaban J connectivity index is 2.02. The van der Waals surface area contributed by atoms with E-state index in [4.69, 9.17) is 14.7 Å². The van der Waals surface area contributed by atoms with Crippen LogP contribution in [-0.2, 0) is 6.42 Å². The third kappa shape index (κ3) is 2.26. The topological polar surface area (TPSA) is 54.3 Å². The molecule has 4 heteroatoms. The second-order valence-electron chi connectivity index (χ2n) is 3.72. The van der Waals surface area contributed by atoms with E-state index in [0.29, 0.717) is 13.3 Å². The van der Waals surface area contributed by atoms with Crippen LogP contribution in [0.3, 0.4) is 0 Å². The molecule has 0 aliphatic carbocycles. The summed E-state index contributed by atoms with van der Waals surface area (Å²) in [5.74, 6) is 1.65. The first-order chi connectivity index (χ1) is 7.81. The Morgan fingerprint density at radius 1 is 1.38 bits per heavy atom. The summed E-state index contributed by atoms with van der Waals surface area (Å²) in [4.78, 5) is 0. The largest absolute Gasteiger partial charge is 0.454 e. The summed E-state index contributed by atoms with van der Waals surface area (Å²) in [5, 5.41) is 11.4. The van der Waals surface area contributed by atoms with Crippen LogP contribution in [0.1, 0.15) is 11.1 Å². The summed E-state index contributed by atoms with van der Waals surface area (Å²) in [6.45, 7) is 3.56. The molecule has 16 heavy (non-hydrogen) atoms. The Morgan fingerprint density at radius 2 is 2.12 bits per heavy atom. The summed E-state index contributed by atoms with van der Waals surface area (Å²) in [5.41, 5.74) is 2.43. The number of hydrogen-bond donors (Lipinski definition) is 1. The highest BCUT2D eigenvalue weighted by Crippen LogP contribution is 2.34. The Hall–Kier alpha value is -1.73. The molecule has 1 aliphatic heterocycles. The van der Waals surface area contributed by atoms with Gasteiger partial charge in [-0.3, -0.25) is 0 Å². The number of nitriles is 1. The minimum Gasteiger partial charge on any atom is -0.454 e. The molecule has 1 aromatic rings. The van der Waals surface area contributed by atoms with Crippen molar-refractivity contribution in [2.45, 2.75) is 13.3 Å². The van der Waals surface area contributed by atoms with Crippen LogP contribution in [0.5, 0.6) is 11.5 Å². The van der Waals surface area contributed by atoms with Crippen LogP contribution in [0.15, 0.2) is 12.1 Å². The molecular formula is C12H14N2O2. The second-order valence-corrected chi connectivity index (χ2v) is 3.72. The molecule has 0 saturated heterocycles. The first kappa shape index (κ1) is 10.8. The molecule has 0 fully saturated rings. The number of benzene rings is 1. The standard InChI is InChI=1S/C12H14N2O2/c1-9-6-11-12(16-8-15-11)7-10(9)2-4-14-5-3-13/h6-7,14H,2,4-5,8H2,1H3. The molecule has 0 aromatic heterocycles. The highest BCUT2D eigenvalue weighted by Gasteiger charge is 2.15. The van der Waals surface area contributed by atoms with Crippen LogP contribution in [-0.4, -0.2) is 19.9 Å². The lowest BCUT2D eigenvalue weighted by atomic mass is 10.0. The normalized spacial score (nSPS) is 12.5. The Morgan fingerprint density at radius 3 is 2.88 bits per heavy atom. The van der Waals surface area contributed by atoms with E-state index in [1.165, 1.54) is 11.1 Å². The van der Waals surface area contributed by atoms with Crippen LogP contribution in [0, 0.1) is 18.3 Å². The molecule has 2 rings (SSSR count). The van der Waals surface area contributed by atoms with E-state index >= 15 is 0 Å². The van der Waals surface area contributed by atoms with E-state index in [-0.39, 0.29) is 0 Å². The molecule has 0 radical (unpaired) electrons. The summed E-state index contributed by atoms with van der Waals surface area (Å²) in [6.07, 6.45) is 0.893. The average molecular weight is 218 g/mol. The van der Waals surface area contributed by atoms with Crippen molar-refractivity contribution < 1.29 is 9.47 Å². The number of aryl methyl sites for hydroxylation is 1. The highest BCUT2D eigenvalue weighted by molar-refractivity contribution is 5.48. The molecule has 1 N–H and O–H groups in total. The predicted octanol–water partition coefficient (Wildman–Crippen LogP) is 1.38. The zero-order valence-electron chi connectivity index (χ0n) is 9.25. The van der Waals surface area contributed by atoms with Crippen LogP contribution in [0.4, 0.5) is 0 Å². The van der Waals surface area contributed by atoms with Gasteiger partial charge < -0.3 is 14.8 Å². The van der Waals surface area contributed by atoms with Crippen LogP contribution < -0.4 is 14.8 Å². The monoisotopic (exact) mass is 218 g/mol. The van der Waals surface area contributed by atoms with E-state index in [0.717, 1.165) is 24.5 Å². The average Bonchev–Trinajstić information content (AvgIpc) is 2.71. The van der Waals surface area contributed by atoms with Gasteiger partial charge >= 0.3 is 0 Å². The predicted molar refractivity (Wildman–Crippen MR) is 59.5 cm³/mol. The van der Waals surface area contributed by atoms with Crippen molar-refractivity contribution in [2.75, 3.05) is 19.9 Å². The highest BCUT2D eigenvalue weighted by atomic mass is 16.7. The molecule has 84 valence electrons. The zero-order chi connectivity index (χ0) is 11.4. The number of fused-ring (bicyclic) bond motifs is 1. The maximum absolute atomic E-state index is 8.40. The zero-order valence-corrected chi connectivity index (χ0v) is 9.25. The first-order valence-corrected chi connectivity index (χ1v) is 5.28. The summed E-state index contributed by atoms with van der Waals surface area (Å²) in [6, 6.07) is 6.08. The van der Waals surface area contributed by atoms with E-state index in [1.54, 1.807) is 0 Å². The maximum atomic E-state index is 8.40. The lowest BCUT2D eigenvalue weighted by molar-refractivity contribution is 0.174. The molecule has 0 unspecified atom stereocenters. The van der Waals surface area contributed by atoms with Crippen LogP contribution >= 0.6 is 0 Å². The summed E-state index contributed by atoms with van der Waals surface area (Å²) >= 11 is 0. The van der Waals surface area contributed by atoms with Crippen molar-refractivity contribution in [1.82, 2.24) is 5.32 Å². The van der Waals surface area contributed by atoms with Gasteiger partial charge in [0.25, 0.3) is 0 Å².